The summed E-state index contributed by atoms with van der Waals surface area (Å²) in [6.07, 6.45) is 0.407. The standard InChI is InChI=1S/C5H9NO2/c6-5-3(7)1-2-4(5)8/h3,5,7H,1-2,6H2. The van der Waals surface area contributed by atoms with E-state index in [1.807, 2.05) is 0 Å². The van der Waals surface area contributed by atoms with Gasteiger partial charge in [-0.2, -0.15) is 0 Å². The van der Waals surface area contributed by atoms with Gasteiger partial charge in [0, 0.05) is 6.42 Å². The fourth-order valence-electron chi connectivity index (χ4n) is 0.851. The molecule has 1 aliphatic rings. The van der Waals surface area contributed by atoms with E-state index in [4.69, 9.17) is 10.8 Å². The molecule has 0 aromatic rings. The quantitative estimate of drug-likeness (QED) is 0.427. The first-order chi connectivity index (χ1) is 3.72. The van der Waals surface area contributed by atoms with Gasteiger partial charge in [0.1, 0.15) is 0 Å². The number of aliphatic hydroxyl groups excluding tert-OH is 1. The maximum absolute atomic E-state index is 10.5. The molecule has 8 heavy (non-hydrogen) atoms. The molecule has 0 aromatic carbocycles. The third kappa shape index (κ3) is 0.743. The molecule has 0 amide bonds. The van der Waals surface area contributed by atoms with Gasteiger partial charge in [-0.15, -0.1) is 0 Å². The van der Waals surface area contributed by atoms with Crippen LogP contribution < -0.4 is 5.73 Å². The van der Waals surface area contributed by atoms with Crippen molar-refractivity contribution in [2.45, 2.75) is 25.0 Å². The Morgan fingerprint density at radius 1 is 1.75 bits per heavy atom. The van der Waals surface area contributed by atoms with Crippen molar-refractivity contribution in [2.75, 3.05) is 0 Å². The van der Waals surface area contributed by atoms with Crippen LogP contribution in [0.2, 0.25) is 0 Å². The number of carbonyl (C=O) groups is 1. The van der Waals surface area contributed by atoms with Gasteiger partial charge < -0.3 is 10.8 Å². The van der Waals surface area contributed by atoms with Gasteiger partial charge in [0.2, 0.25) is 0 Å². The molecule has 2 unspecified atom stereocenters. The molecule has 3 N–H and O–H groups in total. The third-order valence-electron chi connectivity index (χ3n) is 1.47. The molecule has 1 rings (SSSR count). The van der Waals surface area contributed by atoms with Crippen LogP contribution in [0.3, 0.4) is 0 Å². The Bertz CT molecular complexity index is 113. The van der Waals surface area contributed by atoms with Gasteiger partial charge in [0.05, 0.1) is 12.1 Å². The lowest BCUT2D eigenvalue weighted by molar-refractivity contribution is -0.119. The van der Waals surface area contributed by atoms with Crippen molar-refractivity contribution in [3.8, 4) is 0 Å². The Balaban J connectivity index is 2.56. The molecule has 0 bridgehead atoms. The second-order valence-electron chi connectivity index (χ2n) is 2.10. The van der Waals surface area contributed by atoms with Crippen molar-refractivity contribution in [3.05, 3.63) is 0 Å². The van der Waals surface area contributed by atoms with E-state index in [2.05, 4.69) is 0 Å². The van der Waals surface area contributed by atoms with E-state index in [0.717, 1.165) is 0 Å². The maximum atomic E-state index is 10.5. The molecular weight excluding hydrogens is 106 g/mol. The van der Waals surface area contributed by atoms with Crippen LogP contribution in [-0.4, -0.2) is 23.0 Å². The zero-order chi connectivity index (χ0) is 6.15. The smallest absolute Gasteiger partial charge is 0.152 e. The van der Waals surface area contributed by atoms with Crippen LogP contribution in [0.5, 0.6) is 0 Å². The number of aliphatic hydroxyl groups is 1. The Labute approximate surface area is 47.5 Å². The second kappa shape index (κ2) is 1.84. The van der Waals surface area contributed by atoms with Crippen LogP contribution in [0.1, 0.15) is 12.8 Å². The van der Waals surface area contributed by atoms with Crippen LogP contribution in [0.25, 0.3) is 0 Å². The number of carbonyl (C=O) groups excluding carboxylic acids is 1. The van der Waals surface area contributed by atoms with Crippen molar-refractivity contribution in [3.63, 3.8) is 0 Å². The van der Waals surface area contributed by atoms with Crippen LogP contribution in [0.15, 0.2) is 0 Å². The minimum Gasteiger partial charge on any atom is -0.391 e. The zero-order valence-corrected chi connectivity index (χ0v) is 4.50. The Morgan fingerprint density at radius 3 is 2.50 bits per heavy atom. The number of nitrogens with two attached hydrogens (primary N) is 1. The maximum Gasteiger partial charge on any atom is 0.152 e. The fraction of sp³-hybridized carbons (Fsp3) is 0.800. The van der Waals surface area contributed by atoms with E-state index in [9.17, 15) is 4.79 Å². The molecule has 0 heterocycles. The first-order valence-electron chi connectivity index (χ1n) is 2.68. The first kappa shape index (κ1) is 5.72. The number of hydrogen-bond acceptors (Lipinski definition) is 3. The van der Waals surface area contributed by atoms with Gasteiger partial charge in [0.25, 0.3) is 0 Å². The van der Waals surface area contributed by atoms with Gasteiger partial charge >= 0.3 is 0 Å². The summed E-state index contributed by atoms with van der Waals surface area (Å²) in [6, 6.07) is -0.602. The largest absolute Gasteiger partial charge is 0.391 e. The molecule has 3 nitrogen and oxygen atoms in total. The molecule has 0 aromatic heterocycles. The van der Waals surface area contributed by atoms with E-state index >= 15 is 0 Å². The van der Waals surface area contributed by atoms with E-state index < -0.39 is 12.1 Å². The summed E-state index contributed by atoms with van der Waals surface area (Å²) < 4.78 is 0. The molecule has 1 saturated carbocycles. The normalized spacial score (nSPS) is 38.5. The summed E-state index contributed by atoms with van der Waals surface area (Å²) in [7, 11) is 0. The Morgan fingerprint density at radius 2 is 2.38 bits per heavy atom. The van der Waals surface area contributed by atoms with Gasteiger partial charge in [-0.1, -0.05) is 0 Å². The highest BCUT2D eigenvalue weighted by molar-refractivity contribution is 5.86. The lowest BCUT2D eigenvalue weighted by Gasteiger charge is -2.03. The van der Waals surface area contributed by atoms with Crippen molar-refractivity contribution < 1.29 is 9.90 Å². The molecule has 46 valence electrons. The Hall–Kier alpha value is -0.410. The topological polar surface area (TPSA) is 63.3 Å². The average molecular weight is 115 g/mol. The molecule has 0 radical (unpaired) electrons. The predicted molar refractivity (Wildman–Crippen MR) is 28.2 cm³/mol. The van der Waals surface area contributed by atoms with Gasteiger partial charge in [-0.25, -0.2) is 0 Å². The lowest BCUT2D eigenvalue weighted by atomic mass is 10.2. The zero-order valence-electron chi connectivity index (χ0n) is 4.50. The van der Waals surface area contributed by atoms with Gasteiger partial charge in [0.15, 0.2) is 5.78 Å². The summed E-state index contributed by atoms with van der Waals surface area (Å²) in [5.41, 5.74) is 5.22. The number of hydrogen-bond donors (Lipinski definition) is 2. The lowest BCUT2D eigenvalue weighted by Crippen LogP contribution is -2.34. The molecular formula is C5H9NO2. The minimum absolute atomic E-state index is 0.0162. The molecule has 1 aliphatic carbocycles. The summed E-state index contributed by atoms with van der Waals surface area (Å²) in [5, 5.41) is 8.82. The number of rotatable bonds is 0. The molecule has 0 saturated heterocycles. The average Bonchev–Trinajstić information content (AvgIpc) is 1.98. The first-order valence-corrected chi connectivity index (χ1v) is 2.68. The molecule has 3 heteroatoms. The van der Waals surface area contributed by atoms with Crippen molar-refractivity contribution >= 4 is 5.78 Å². The molecule has 1 fully saturated rings. The van der Waals surface area contributed by atoms with Crippen LogP contribution in [0, 0.1) is 0 Å². The summed E-state index contributed by atoms with van der Waals surface area (Å²) in [6.45, 7) is 0. The van der Waals surface area contributed by atoms with Crippen molar-refractivity contribution in [2.24, 2.45) is 5.73 Å². The van der Waals surface area contributed by atoms with E-state index in [0.29, 0.717) is 12.8 Å². The number of Topliss-reactive ketones (excluding diaryl/α,β-unsaturated/α-hetero) is 1. The highest BCUT2D eigenvalue weighted by atomic mass is 16.3. The fourth-order valence-corrected chi connectivity index (χ4v) is 0.851. The van der Waals surface area contributed by atoms with Gasteiger partial charge in [-0.3, -0.25) is 4.79 Å². The highest BCUT2D eigenvalue weighted by Gasteiger charge is 2.29. The van der Waals surface area contributed by atoms with Gasteiger partial charge in [-0.05, 0) is 6.42 Å². The van der Waals surface area contributed by atoms with Crippen LogP contribution in [-0.2, 0) is 4.79 Å². The van der Waals surface area contributed by atoms with Crippen molar-refractivity contribution in [1.29, 1.82) is 0 Å². The second-order valence-corrected chi connectivity index (χ2v) is 2.10. The number of ketones is 1. The predicted octanol–water partition coefficient (Wildman–Crippen LogP) is -0.963. The summed E-state index contributed by atoms with van der Waals surface area (Å²) >= 11 is 0. The minimum atomic E-state index is -0.602. The summed E-state index contributed by atoms with van der Waals surface area (Å²) in [4.78, 5) is 10.5. The molecule has 2 atom stereocenters. The van der Waals surface area contributed by atoms with Crippen molar-refractivity contribution in [1.82, 2.24) is 0 Å². The summed E-state index contributed by atoms with van der Waals surface area (Å²) in [5.74, 6) is -0.0162. The highest BCUT2D eigenvalue weighted by Crippen LogP contribution is 2.12. The molecule has 0 aliphatic heterocycles. The Kier molecular flexibility index (Phi) is 1.31. The van der Waals surface area contributed by atoms with Crippen LogP contribution >= 0.6 is 0 Å². The SMILES string of the molecule is NC1C(=O)CCC1O. The third-order valence-corrected chi connectivity index (χ3v) is 1.47. The van der Waals surface area contributed by atoms with E-state index in [-0.39, 0.29) is 5.78 Å². The monoisotopic (exact) mass is 115 g/mol. The molecule has 0 spiro atoms. The van der Waals surface area contributed by atoms with Crippen LogP contribution in [0.4, 0.5) is 0 Å². The van der Waals surface area contributed by atoms with E-state index in [1.54, 1.807) is 0 Å². The van der Waals surface area contributed by atoms with E-state index in [1.165, 1.54) is 0 Å².